The number of aliphatic hydroxyl groups excluding tert-OH is 1. The third kappa shape index (κ3) is 11.0. The number of carboxylic acid groups (broad SMARTS) is 3. The number of carbonyl (C=O) groups excluding carboxylic acids is 3. The van der Waals surface area contributed by atoms with Gasteiger partial charge in [-0.3, -0.25) is 24.0 Å². The number of carboxylic acids is 3. The summed E-state index contributed by atoms with van der Waals surface area (Å²) in [4.78, 5) is 70.9. The molecule has 9 N–H and O–H groups in total. The average molecular weight is 491 g/mol. The molecule has 3 amide bonds. The van der Waals surface area contributed by atoms with Crippen molar-refractivity contribution >= 4 is 35.6 Å². The van der Waals surface area contributed by atoms with Crippen molar-refractivity contribution in [1.82, 2.24) is 16.0 Å². The lowest BCUT2D eigenvalue weighted by molar-refractivity contribution is -0.144. The Morgan fingerprint density at radius 2 is 1.24 bits per heavy atom. The normalized spacial score (nSPS) is 16.1. The van der Waals surface area contributed by atoms with Crippen molar-refractivity contribution in [1.29, 1.82) is 0 Å². The average Bonchev–Trinajstić information content (AvgIpc) is 2.75. The van der Waals surface area contributed by atoms with Crippen molar-refractivity contribution in [3.63, 3.8) is 0 Å². The predicted molar refractivity (Wildman–Crippen MR) is 116 cm³/mol. The third-order valence-corrected chi connectivity index (χ3v) is 5.16. The summed E-state index contributed by atoms with van der Waals surface area (Å²) >= 11 is 0. The minimum Gasteiger partial charge on any atom is -0.481 e. The first-order valence-corrected chi connectivity index (χ1v) is 10.7. The zero-order chi connectivity index (χ0) is 26.6. The second-order valence-corrected chi connectivity index (χ2v) is 7.96. The molecule has 0 rings (SSSR count). The van der Waals surface area contributed by atoms with E-state index < -0.39 is 97.5 Å². The number of aliphatic carboxylic acids is 3. The molecule has 0 aromatic rings. The van der Waals surface area contributed by atoms with Gasteiger partial charge in [-0.15, -0.1) is 0 Å². The van der Waals surface area contributed by atoms with Gasteiger partial charge < -0.3 is 42.1 Å². The van der Waals surface area contributed by atoms with Crippen LogP contribution in [0.15, 0.2) is 0 Å². The van der Waals surface area contributed by atoms with Gasteiger partial charge in [0.1, 0.15) is 24.2 Å². The Labute approximate surface area is 196 Å². The molecule has 0 aliphatic rings. The van der Waals surface area contributed by atoms with E-state index in [1.807, 2.05) is 0 Å². The Hall–Kier alpha value is -3.26. The molecular formula is C20H34N4O10. The Morgan fingerprint density at radius 1 is 0.765 bits per heavy atom. The van der Waals surface area contributed by atoms with E-state index in [9.17, 15) is 39.0 Å². The molecule has 6 atom stereocenters. The van der Waals surface area contributed by atoms with Crippen LogP contribution < -0.4 is 21.7 Å². The van der Waals surface area contributed by atoms with Crippen molar-refractivity contribution in [2.45, 2.75) is 83.1 Å². The highest BCUT2D eigenvalue weighted by Crippen LogP contribution is 2.10. The maximum Gasteiger partial charge on any atom is 0.326 e. The lowest BCUT2D eigenvalue weighted by Gasteiger charge is -2.28. The molecular weight excluding hydrogens is 456 g/mol. The lowest BCUT2D eigenvalue weighted by Crippen LogP contribution is -2.59. The minimum atomic E-state index is -1.58. The van der Waals surface area contributed by atoms with Gasteiger partial charge in [-0.2, -0.15) is 0 Å². The molecule has 0 aliphatic carbocycles. The van der Waals surface area contributed by atoms with Gasteiger partial charge in [-0.05, 0) is 25.7 Å². The van der Waals surface area contributed by atoms with Gasteiger partial charge in [0.2, 0.25) is 17.7 Å². The molecule has 0 aliphatic heterocycles. The summed E-state index contributed by atoms with van der Waals surface area (Å²) in [6.07, 6.45) is -2.70. The smallest absolute Gasteiger partial charge is 0.326 e. The Bertz CT molecular complexity index is 758. The first-order chi connectivity index (χ1) is 15.7. The zero-order valence-corrected chi connectivity index (χ0v) is 19.3. The maximum atomic E-state index is 12.9. The van der Waals surface area contributed by atoms with Crippen LogP contribution in [0.25, 0.3) is 0 Å². The number of amides is 3. The standard InChI is InChI=1S/C20H34N4O10/c1-4-9(2)16(24-18(31)15(21)10(3)25)19(32)22-11(5-7-13(26)27)17(30)23-12(20(33)34)6-8-14(28)29/h9-12,15-16,25H,4-8,21H2,1-3H3,(H,22,32)(H,23,30)(H,24,31)(H,26,27)(H,28,29)(H,33,34). The van der Waals surface area contributed by atoms with Gasteiger partial charge in [0.15, 0.2) is 0 Å². The molecule has 0 aromatic heterocycles. The maximum absolute atomic E-state index is 12.9. The fourth-order valence-electron chi connectivity index (χ4n) is 2.77. The molecule has 0 aromatic carbocycles. The highest BCUT2D eigenvalue weighted by atomic mass is 16.4. The summed E-state index contributed by atoms with van der Waals surface area (Å²) < 4.78 is 0. The molecule has 194 valence electrons. The summed E-state index contributed by atoms with van der Waals surface area (Å²) in [5.41, 5.74) is 5.59. The van der Waals surface area contributed by atoms with E-state index in [1.165, 1.54) is 6.92 Å². The summed E-state index contributed by atoms with van der Waals surface area (Å²) in [6.45, 7) is 4.66. The van der Waals surface area contributed by atoms with Gasteiger partial charge in [0, 0.05) is 12.8 Å². The molecule has 6 unspecified atom stereocenters. The Balaban J connectivity index is 5.64. The van der Waals surface area contributed by atoms with Gasteiger partial charge in [-0.25, -0.2) is 4.79 Å². The Kier molecular flexibility index (Phi) is 13.4. The van der Waals surface area contributed by atoms with Crippen molar-refractivity contribution < 1.29 is 49.2 Å². The highest BCUT2D eigenvalue weighted by molar-refractivity contribution is 5.94. The second kappa shape index (κ2) is 14.8. The first kappa shape index (κ1) is 30.7. The molecule has 0 spiro atoms. The highest BCUT2D eigenvalue weighted by Gasteiger charge is 2.33. The molecule has 0 bridgehead atoms. The van der Waals surface area contributed by atoms with Gasteiger partial charge in [-0.1, -0.05) is 20.3 Å². The second-order valence-electron chi connectivity index (χ2n) is 7.96. The van der Waals surface area contributed by atoms with Crippen molar-refractivity contribution in [3.8, 4) is 0 Å². The van der Waals surface area contributed by atoms with Crippen LogP contribution in [0.4, 0.5) is 0 Å². The summed E-state index contributed by atoms with van der Waals surface area (Å²) in [5, 5.41) is 43.3. The molecule has 0 saturated heterocycles. The topological polar surface area (TPSA) is 245 Å². The van der Waals surface area contributed by atoms with Crippen LogP contribution in [0.2, 0.25) is 0 Å². The number of nitrogens with one attached hydrogen (secondary N) is 3. The molecule has 0 saturated carbocycles. The van der Waals surface area contributed by atoms with Gasteiger partial charge >= 0.3 is 17.9 Å². The summed E-state index contributed by atoms with van der Waals surface area (Å²) in [7, 11) is 0. The molecule has 0 heterocycles. The van der Waals surface area contributed by atoms with Crippen LogP contribution in [0.1, 0.15) is 52.9 Å². The summed E-state index contributed by atoms with van der Waals surface area (Å²) in [5.74, 6) is -7.20. The zero-order valence-electron chi connectivity index (χ0n) is 19.3. The van der Waals surface area contributed by atoms with E-state index in [0.717, 1.165) is 0 Å². The van der Waals surface area contributed by atoms with Gasteiger partial charge in [0.25, 0.3) is 0 Å². The van der Waals surface area contributed by atoms with E-state index >= 15 is 0 Å². The molecule has 0 fully saturated rings. The van der Waals surface area contributed by atoms with Crippen LogP contribution >= 0.6 is 0 Å². The van der Waals surface area contributed by atoms with E-state index in [4.69, 9.17) is 15.9 Å². The minimum absolute atomic E-state index is 0.396. The van der Waals surface area contributed by atoms with Gasteiger partial charge in [0.05, 0.1) is 6.10 Å². The predicted octanol–water partition coefficient (Wildman–Crippen LogP) is -1.99. The SMILES string of the molecule is CCC(C)C(NC(=O)C(N)C(C)O)C(=O)NC(CCC(=O)O)C(=O)NC(CCC(=O)O)C(=O)O. The molecule has 14 nitrogen and oxygen atoms in total. The van der Waals surface area contributed by atoms with E-state index in [2.05, 4.69) is 16.0 Å². The van der Waals surface area contributed by atoms with Crippen LogP contribution in [-0.2, 0) is 28.8 Å². The van der Waals surface area contributed by atoms with Crippen LogP contribution in [0.3, 0.4) is 0 Å². The van der Waals surface area contributed by atoms with E-state index in [1.54, 1.807) is 13.8 Å². The number of hydrogen-bond donors (Lipinski definition) is 8. The third-order valence-electron chi connectivity index (χ3n) is 5.16. The van der Waals surface area contributed by atoms with Crippen LogP contribution in [0, 0.1) is 5.92 Å². The van der Waals surface area contributed by atoms with Crippen LogP contribution in [-0.4, -0.2) is 86.3 Å². The quantitative estimate of drug-likeness (QED) is 0.118. The van der Waals surface area contributed by atoms with E-state index in [-0.39, 0.29) is 0 Å². The summed E-state index contributed by atoms with van der Waals surface area (Å²) in [6, 6.07) is -5.58. The van der Waals surface area contributed by atoms with E-state index in [0.29, 0.717) is 6.42 Å². The molecule has 0 radical (unpaired) electrons. The van der Waals surface area contributed by atoms with Crippen LogP contribution in [0.5, 0.6) is 0 Å². The fourth-order valence-corrected chi connectivity index (χ4v) is 2.77. The van der Waals surface area contributed by atoms with Crippen molar-refractivity contribution in [2.24, 2.45) is 11.7 Å². The Morgan fingerprint density at radius 3 is 1.65 bits per heavy atom. The lowest BCUT2D eigenvalue weighted by atomic mass is 9.96. The fraction of sp³-hybridized carbons (Fsp3) is 0.700. The monoisotopic (exact) mass is 490 g/mol. The number of carbonyl (C=O) groups is 6. The number of rotatable bonds is 16. The van der Waals surface area contributed by atoms with Crippen molar-refractivity contribution in [2.75, 3.05) is 0 Å². The molecule has 14 heteroatoms. The number of hydrogen-bond acceptors (Lipinski definition) is 8. The number of aliphatic hydroxyl groups is 1. The first-order valence-electron chi connectivity index (χ1n) is 10.7. The van der Waals surface area contributed by atoms with Crippen molar-refractivity contribution in [3.05, 3.63) is 0 Å². The molecule has 34 heavy (non-hydrogen) atoms. The largest absolute Gasteiger partial charge is 0.481 e. The number of nitrogens with two attached hydrogens (primary N) is 1.